The number of carbonyl (C=O) groups is 3. The molecular formula is C13H17NO5. The van der Waals surface area contributed by atoms with Crippen LogP contribution in [0.15, 0.2) is 23.8 Å². The van der Waals surface area contributed by atoms with Crippen LogP contribution in [0.4, 0.5) is 0 Å². The molecule has 0 saturated carbocycles. The molecule has 19 heavy (non-hydrogen) atoms. The summed E-state index contributed by atoms with van der Waals surface area (Å²) in [4.78, 5) is 33.4. The van der Waals surface area contributed by atoms with Gasteiger partial charge in [0.15, 0.2) is 0 Å². The van der Waals surface area contributed by atoms with Gasteiger partial charge < -0.3 is 15.9 Å². The van der Waals surface area contributed by atoms with Gasteiger partial charge in [0.2, 0.25) is 0 Å². The number of carbonyl (C=O) groups excluding carboxylic acids is 1. The molecule has 6 heteroatoms. The Morgan fingerprint density at radius 2 is 1.95 bits per heavy atom. The van der Waals surface area contributed by atoms with Gasteiger partial charge in [0.1, 0.15) is 17.7 Å². The predicted molar refractivity (Wildman–Crippen MR) is 67.4 cm³/mol. The number of nitrogens with two attached hydrogens (primary N) is 1. The van der Waals surface area contributed by atoms with E-state index in [2.05, 4.69) is 0 Å². The first-order chi connectivity index (χ1) is 8.91. The molecule has 1 aliphatic carbocycles. The molecule has 0 radical (unpaired) electrons. The number of hydrogen-bond donors (Lipinski definition) is 3. The third kappa shape index (κ3) is 4.67. The Bertz CT molecular complexity index is 438. The van der Waals surface area contributed by atoms with Crippen LogP contribution < -0.4 is 5.73 Å². The molecular weight excluding hydrogens is 250 g/mol. The van der Waals surface area contributed by atoms with Crippen molar-refractivity contribution in [2.75, 3.05) is 0 Å². The minimum Gasteiger partial charge on any atom is -0.481 e. The average Bonchev–Trinajstić information content (AvgIpc) is 2.85. The van der Waals surface area contributed by atoms with Gasteiger partial charge in [-0.05, 0) is 19.3 Å². The Morgan fingerprint density at radius 1 is 1.26 bits per heavy atom. The fourth-order valence-electron chi connectivity index (χ4n) is 1.86. The van der Waals surface area contributed by atoms with E-state index in [9.17, 15) is 14.4 Å². The van der Waals surface area contributed by atoms with Crippen molar-refractivity contribution < 1.29 is 24.6 Å². The maximum Gasteiger partial charge on any atom is 0.320 e. The minimum absolute atomic E-state index is 0.0941. The standard InChI is InChI=1S/C13H17NO5/c14-10(13(18)19)7-9(12(16)17)11(15)6-5-8-3-1-2-4-8/h1-3,9-10H,4-7,14H2,(H,16,17)(H,18,19)/t9?,10-/m0/s1. The summed E-state index contributed by atoms with van der Waals surface area (Å²) in [6.07, 6.45) is 6.73. The molecule has 0 saturated heterocycles. The lowest BCUT2D eigenvalue weighted by Gasteiger charge is -2.14. The van der Waals surface area contributed by atoms with Gasteiger partial charge in [-0.2, -0.15) is 0 Å². The summed E-state index contributed by atoms with van der Waals surface area (Å²) >= 11 is 0. The van der Waals surface area contributed by atoms with E-state index in [0.29, 0.717) is 6.42 Å². The lowest BCUT2D eigenvalue weighted by Crippen LogP contribution is -2.37. The van der Waals surface area contributed by atoms with E-state index in [-0.39, 0.29) is 12.8 Å². The summed E-state index contributed by atoms with van der Waals surface area (Å²) in [7, 11) is 0. The molecule has 104 valence electrons. The fraction of sp³-hybridized carbons (Fsp3) is 0.462. The van der Waals surface area contributed by atoms with Gasteiger partial charge in [0, 0.05) is 6.42 Å². The molecule has 4 N–H and O–H groups in total. The SMILES string of the molecule is N[C@@H](CC(C(=O)O)C(=O)CCC1=CC=CC1)C(=O)O. The molecule has 0 aromatic carbocycles. The molecule has 1 unspecified atom stereocenters. The number of carboxylic acids is 2. The van der Waals surface area contributed by atoms with Crippen LogP contribution in [-0.2, 0) is 14.4 Å². The number of Topliss-reactive ketones (excluding diaryl/α,β-unsaturated/α-hetero) is 1. The number of aliphatic carboxylic acids is 2. The van der Waals surface area contributed by atoms with Gasteiger partial charge in [-0.3, -0.25) is 14.4 Å². The molecule has 0 bridgehead atoms. The number of rotatable bonds is 8. The molecule has 1 aliphatic rings. The van der Waals surface area contributed by atoms with Crippen LogP contribution in [-0.4, -0.2) is 34.0 Å². The zero-order valence-electron chi connectivity index (χ0n) is 10.4. The third-order valence-corrected chi connectivity index (χ3v) is 3.03. The van der Waals surface area contributed by atoms with Crippen molar-refractivity contribution >= 4 is 17.7 Å². The van der Waals surface area contributed by atoms with Gasteiger partial charge in [-0.1, -0.05) is 23.8 Å². The molecule has 0 fully saturated rings. The third-order valence-electron chi connectivity index (χ3n) is 3.03. The fourth-order valence-corrected chi connectivity index (χ4v) is 1.86. The maximum absolute atomic E-state index is 11.8. The van der Waals surface area contributed by atoms with Crippen LogP contribution in [0.5, 0.6) is 0 Å². The smallest absolute Gasteiger partial charge is 0.320 e. The monoisotopic (exact) mass is 267 g/mol. The van der Waals surface area contributed by atoms with Crippen LogP contribution in [0.25, 0.3) is 0 Å². The Balaban J connectivity index is 2.52. The summed E-state index contributed by atoms with van der Waals surface area (Å²) in [5.41, 5.74) is 6.34. The number of ketones is 1. The molecule has 6 nitrogen and oxygen atoms in total. The number of allylic oxidation sites excluding steroid dienone is 4. The van der Waals surface area contributed by atoms with Gasteiger partial charge >= 0.3 is 11.9 Å². The van der Waals surface area contributed by atoms with Gasteiger partial charge in [-0.25, -0.2) is 0 Å². The van der Waals surface area contributed by atoms with E-state index < -0.39 is 29.7 Å². The second kappa shape index (κ2) is 6.84. The molecule has 0 amide bonds. The molecule has 1 rings (SSSR count). The van der Waals surface area contributed by atoms with Gasteiger partial charge in [-0.15, -0.1) is 0 Å². The first-order valence-corrected chi connectivity index (χ1v) is 6.00. The molecule has 0 aromatic rings. The Labute approximate surface area is 110 Å². The summed E-state index contributed by atoms with van der Waals surface area (Å²) < 4.78 is 0. The molecule has 0 aliphatic heterocycles. The zero-order chi connectivity index (χ0) is 14.4. The van der Waals surface area contributed by atoms with E-state index in [1.54, 1.807) is 0 Å². The van der Waals surface area contributed by atoms with Crippen molar-refractivity contribution in [2.24, 2.45) is 11.7 Å². The van der Waals surface area contributed by atoms with E-state index >= 15 is 0 Å². The van der Waals surface area contributed by atoms with Crippen molar-refractivity contribution in [3.63, 3.8) is 0 Å². The lowest BCUT2D eigenvalue weighted by atomic mass is 9.92. The normalized spacial score (nSPS) is 16.8. The highest BCUT2D eigenvalue weighted by Crippen LogP contribution is 2.19. The Morgan fingerprint density at radius 3 is 2.42 bits per heavy atom. The average molecular weight is 267 g/mol. The quantitative estimate of drug-likeness (QED) is 0.558. The molecule has 2 atom stereocenters. The van der Waals surface area contributed by atoms with Crippen LogP contribution in [0, 0.1) is 5.92 Å². The van der Waals surface area contributed by atoms with E-state index in [1.807, 2.05) is 18.2 Å². The topological polar surface area (TPSA) is 118 Å². The van der Waals surface area contributed by atoms with Crippen molar-refractivity contribution in [1.29, 1.82) is 0 Å². The van der Waals surface area contributed by atoms with Crippen LogP contribution >= 0.6 is 0 Å². The number of hydrogen-bond acceptors (Lipinski definition) is 4. The summed E-state index contributed by atoms with van der Waals surface area (Å²) in [6, 6.07) is -1.34. The van der Waals surface area contributed by atoms with E-state index in [0.717, 1.165) is 12.0 Å². The summed E-state index contributed by atoms with van der Waals surface area (Å²) in [5, 5.41) is 17.6. The van der Waals surface area contributed by atoms with Gasteiger partial charge in [0.25, 0.3) is 0 Å². The Kier molecular flexibility index (Phi) is 5.44. The summed E-state index contributed by atoms with van der Waals surface area (Å²) in [6.45, 7) is 0. The van der Waals surface area contributed by atoms with Gasteiger partial charge in [0.05, 0.1) is 0 Å². The van der Waals surface area contributed by atoms with Crippen molar-refractivity contribution in [1.82, 2.24) is 0 Å². The largest absolute Gasteiger partial charge is 0.481 e. The van der Waals surface area contributed by atoms with Crippen molar-refractivity contribution in [3.8, 4) is 0 Å². The second-order valence-corrected chi connectivity index (χ2v) is 4.49. The summed E-state index contributed by atoms with van der Waals surface area (Å²) in [5.74, 6) is -4.44. The van der Waals surface area contributed by atoms with Crippen molar-refractivity contribution in [2.45, 2.75) is 31.7 Å². The van der Waals surface area contributed by atoms with Crippen LogP contribution in [0.1, 0.15) is 25.7 Å². The predicted octanol–water partition coefficient (Wildman–Crippen LogP) is 0.725. The van der Waals surface area contributed by atoms with Crippen LogP contribution in [0.3, 0.4) is 0 Å². The lowest BCUT2D eigenvalue weighted by molar-refractivity contribution is -0.147. The van der Waals surface area contributed by atoms with Crippen LogP contribution in [0.2, 0.25) is 0 Å². The second-order valence-electron chi connectivity index (χ2n) is 4.49. The Hall–Kier alpha value is -1.95. The molecule has 0 heterocycles. The first kappa shape index (κ1) is 15.1. The number of carboxylic acid groups (broad SMARTS) is 2. The van der Waals surface area contributed by atoms with E-state index in [4.69, 9.17) is 15.9 Å². The zero-order valence-corrected chi connectivity index (χ0v) is 10.4. The highest BCUT2D eigenvalue weighted by atomic mass is 16.4. The molecule has 0 aromatic heterocycles. The first-order valence-electron chi connectivity index (χ1n) is 6.00. The highest BCUT2D eigenvalue weighted by Gasteiger charge is 2.30. The minimum atomic E-state index is -1.35. The molecule has 0 spiro atoms. The highest BCUT2D eigenvalue weighted by molar-refractivity contribution is 5.98. The van der Waals surface area contributed by atoms with E-state index in [1.165, 1.54) is 0 Å². The van der Waals surface area contributed by atoms with Crippen molar-refractivity contribution in [3.05, 3.63) is 23.8 Å². The maximum atomic E-state index is 11.8.